The zero-order chi connectivity index (χ0) is 15.0. The molecule has 110 valence electrons. The lowest BCUT2D eigenvalue weighted by Crippen LogP contribution is -2.16. The third-order valence-corrected chi connectivity index (χ3v) is 3.53. The molecule has 0 amide bonds. The van der Waals surface area contributed by atoms with E-state index in [0.717, 1.165) is 18.9 Å². The molecule has 0 aromatic heterocycles. The van der Waals surface area contributed by atoms with Gasteiger partial charge in [0.25, 0.3) is 0 Å². The molecule has 0 spiro atoms. The van der Waals surface area contributed by atoms with Gasteiger partial charge in [0.15, 0.2) is 11.6 Å². The minimum absolute atomic E-state index is 0.0681. The highest BCUT2D eigenvalue weighted by Gasteiger charge is 2.21. The summed E-state index contributed by atoms with van der Waals surface area (Å²) in [4.78, 5) is 0. The van der Waals surface area contributed by atoms with E-state index in [-0.39, 0.29) is 5.56 Å². The van der Waals surface area contributed by atoms with E-state index in [0.29, 0.717) is 29.8 Å². The largest absolute Gasteiger partial charge is 0.310 e. The topological polar surface area (TPSA) is 12.0 Å². The van der Waals surface area contributed by atoms with Crippen LogP contribution in [0.3, 0.4) is 0 Å². The van der Waals surface area contributed by atoms with Crippen molar-refractivity contribution in [2.45, 2.75) is 25.4 Å². The summed E-state index contributed by atoms with van der Waals surface area (Å²) in [6.07, 6.45) is 2.12. The highest BCUT2D eigenvalue weighted by Crippen LogP contribution is 2.29. The van der Waals surface area contributed by atoms with Crippen LogP contribution in [-0.4, -0.2) is 6.04 Å². The molecule has 1 N–H and O–H groups in total. The minimum atomic E-state index is -1.24. The Hall–Kier alpha value is -1.88. The minimum Gasteiger partial charge on any atom is -0.310 e. The maximum absolute atomic E-state index is 13.9. The molecule has 1 saturated carbocycles. The lowest BCUT2D eigenvalue weighted by molar-refractivity contribution is 0.496. The molecule has 0 aliphatic heterocycles. The monoisotopic (exact) mass is 295 g/mol. The molecule has 5 heteroatoms. The fraction of sp³-hybridized carbons (Fsp3) is 0.250. The molecule has 1 nitrogen and oxygen atoms in total. The normalized spacial score (nSPS) is 14.5. The first-order valence-electron chi connectivity index (χ1n) is 6.71. The number of halogens is 4. The molecule has 0 bridgehead atoms. The van der Waals surface area contributed by atoms with E-state index in [1.54, 1.807) is 0 Å². The lowest BCUT2D eigenvalue weighted by atomic mass is 9.98. The summed E-state index contributed by atoms with van der Waals surface area (Å²) in [5.41, 5.74) is 0.814. The average molecular weight is 295 g/mol. The molecule has 2 aromatic rings. The van der Waals surface area contributed by atoms with Gasteiger partial charge in [-0.25, -0.2) is 17.6 Å². The van der Waals surface area contributed by atoms with Gasteiger partial charge in [-0.05, 0) is 42.2 Å². The standard InChI is InChI=1S/C16H13F4N/c17-10-1-4-12(9(5-10)8-21-11-2-3-11)13-6-15(19)16(20)7-14(13)18/h1,4-7,11,21H,2-3,8H2. The van der Waals surface area contributed by atoms with Crippen LogP contribution in [0.15, 0.2) is 30.3 Å². The van der Waals surface area contributed by atoms with Gasteiger partial charge in [0, 0.05) is 24.2 Å². The van der Waals surface area contributed by atoms with Crippen LogP contribution in [-0.2, 0) is 6.54 Å². The predicted molar refractivity (Wildman–Crippen MR) is 71.6 cm³/mol. The summed E-state index contributed by atoms with van der Waals surface area (Å²) in [7, 11) is 0. The molecule has 1 aliphatic carbocycles. The Morgan fingerprint density at radius 2 is 1.57 bits per heavy atom. The Balaban J connectivity index is 2.02. The lowest BCUT2D eigenvalue weighted by Gasteiger charge is -2.12. The van der Waals surface area contributed by atoms with Gasteiger partial charge in [0.1, 0.15) is 11.6 Å². The number of rotatable bonds is 4. The van der Waals surface area contributed by atoms with Crippen molar-refractivity contribution >= 4 is 0 Å². The third kappa shape index (κ3) is 3.08. The van der Waals surface area contributed by atoms with Crippen molar-refractivity contribution in [3.63, 3.8) is 0 Å². The van der Waals surface area contributed by atoms with Gasteiger partial charge in [0.2, 0.25) is 0 Å². The Morgan fingerprint density at radius 3 is 2.29 bits per heavy atom. The highest BCUT2D eigenvalue weighted by atomic mass is 19.2. The Labute approximate surface area is 119 Å². The van der Waals surface area contributed by atoms with Crippen molar-refractivity contribution in [2.24, 2.45) is 0 Å². The maximum atomic E-state index is 13.9. The van der Waals surface area contributed by atoms with Crippen molar-refractivity contribution in [2.75, 3.05) is 0 Å². The number of hydrogen-bond donors (Lipinski definition) is 1. The first-order valence-corrected chi connectivity index (χ1v) is 6.71. The smallest absolute Gasteiger partial charge is 0.161 e. The summed E-state index contributed by atoms with van der Waals surface area (Å²) < 4.78 is 53.6. The van der Waals surface area contributed by atoms with Gasteiger partial charge in [-0.2, -0.15) is 0 Å². The van der Waals surface area contributed by atoms with Crippen molar-refractivity contribution in [1.82, 2.24) is 5.32 Å². The summed E-state index contributed by atoms with van der Waals surface area (Å²) >= 11 is 0. The molecule has 0 saturated heterocycles. The molecule has 0 unspecified atom stereocenters. The molecule has 21 heavy (non-hydrogen) atoms. The van der Waals surface area contributed by atoms with Gasteiger partial charge in [-0.1, -0.05) is 6.07 Å². The first kappa shape index (κ1) is 14.1. The summed E-state index contributed by atoms with van der Waals surface area (Å²) in [5.74, 6) is -3.68. The van der Waals surface area contributed by atoms with E-state index in [9.17, 15) is 17.6 Å². The molecular formula is C16H13F4N. The zero-order valence-corrected chi connectivity index (χ0v) is 11.1. The molecule has 0 atom stereocenters. The van der Waals surface area contributed by atoms with Gasteiger partial charge < -0.3 is 5.32 Å². The van der Waals surface area contributed by atoms with Crippen LogP contribution in [0.5, 0.6) is 0 Å². The summed E-state index contributed by atoms with van der Waals surface area (Å²) in [6, 6.07) is 5.55. The van der Waals surface area contributed by atoms with E-state index in [4.69, 9.17) is 0 Å². The van der Waals surface area contributed by atoms with Crippen molar-refractivity contribution in [3.8, 4) is 11.1 Å². The van der Waals surface area contributed by atoms with E-state index < -0.39 is 23.3 Å². The van der Waals surface area contributed by atoms with Crippen molar-refractivity contribution < 1.29 is 17.6 Å². The number of benzene rings is 2. The van der Waals surface area contributed by atoms with E-state index >= 15 is 0 Å². The van der Waals surface area contributed by atoms with Crippen molar-refractivity contribution in [1.29, 1.82) is 0 Å². The molecule has 1 aliphatic rings. The second kappa shape index (κ2) is 5.48. The third-order valence-electron chi connectivity index (χ3n) is 3.53. The summed E-state index contributed by atoms with van der Waals surface area (Å²) in [6.45, 7) is 0.357. The van der Waals surface area contributed by atoms with Crippen LogP contribution >= 0.6 is 0 Å². The Morgan fingerprint density at radius 1 is 0.857 bits per heavy atom. The van der Waals surface area contributed by atoms with Gasteiger partial charge in [0.05, 0.1) is 0 Å². The van der Waals surface area contributed by atoms with Gasteiger partial charge >= 0.3 is 0 Å². The second-order valence-electron chi connectivity index (χ2n) is 5.20. The Kier molecular flexibility index (Phi) is 3.68. The molecular weight excluding hydrogens is 282 g/mol. The average Bonchev–Trinajstić information content (AvgIpc) is 3.25. The van der Waals surface area contributed by atoms with E-state index in [1.165, 1.54) is 18.2 Å². The molecule has 2 aromatic carbocycles. The quantitative estimate of drug-likeness (QED) is 0.659. The Bertz CT molecular complexity index is 680. The van der Waals surface area contributed by atoms with E-state index in [2.05, 4.69) is 5.32 Å². The van der Waals surface area contributed by atoms with Crippen molar-refractivity contribution in [3.05, 3.63) is 59.2 Å². The van der Waals surface area contributed by atoms with E-state index in [1.807, 2.05) is 0 Å². The van der Waals surface area contributed by atoms with Crippen LogP contribution in [0.1, 0.15) is 18.4 Å². The summed E-state index contributed by atoms with van der Waals surface area (Å²) in [5, 5.41) is 3.20. The van der Waals surface area contributed by atoms with Gasteiger partial charge in [-0.3, -0.25) is 0 Å². The molecule has 3 rings (SSSR count). The highest BCUT2D eigenvalue weighted by molar-refractivity contribution is 5.68. The second-order valence-corrected chi connectivity index (χ2v) is 5.20. The predicted octanol–water partition coefficient (Wildman–Crippen LogP) is 4.16. The van der Waals surface area contributed by atoms with Crippen LogP contribution in [0.2, 0.25) is 0 Å². The van der Waals surface area contributed by atoms with Crippen LogP contribution in [0.25, 0.3) is 11.1 Å². The fourth-order valence-electron chi connectivity index (χ4n) is 2.24. The van der Waals surface area contributed by atoms with Gasteiger partial charge in [-0.15, -0.1) is 0 Å². The fourth-order valence-corrected chi connectivity index (χ4v) is 2.24. The zero-order valence-electron chi connectivity index (χ0n) is 11.1. The number of hydrogen-bond acceptors (Lipinski definition) is 1. The van der Waals surface area contributed by atoms with Crippen LogP contribution < -0.4 is 5.32 Å². The maximum Gasteiger partial charge on any atom is 0.161 e. The molecule has 0 radical (unpaired) electrons. The molecule has 0 heterocycles. The van der Waals surface area contributed by atoms with Crippen LogP contribution in [0, 0.1) is 23.3 Å². The molecule has 1 fully saturated rings. The SMILES string of the molecule is Fc1ccc(-c2cc(F)c(F)cc2F)c(CNC2CC2)c1. The number of nitrogens with one attached hydrogen (secondary N) is 1. The van der Waals surface area contributed by atoms with Crippen LogP contribution in [0.4, 0.5) is 17.6 Å². The first-order chi connectivity index (χ1) is 10.0.